The van der Waals surface area contributed by atoms with Crippen LogP contribution in [-0.4, -0.2) is 47.4 Å². The summed E-state index contributed by atoms with van der Waals surface area (Å²) in [5.74, 6) is -0.250. The summed E-state index contributed by atoms with van der Waals surface area (Å²) in [5.41, 5.74) is 2.61. The smallest absolute Gasteiger partial charge is 0.255 e. The molecular formula is C25H27FN2O5S. The van der Waals surface area contributed by atoms with E-state index in [0.29, 0.717) is 40.2 Å². The highest BCUT2D eigenvalue weighted by Crippen LogP contribution is 2.48. The van der Waals surface area contributed by atoms with Crippen LogP contribution >= 0.6 is 0 Å². The second kappa shape index (κ2) is 9.60. The second-order valence-electron chi connectivity index (χ2n) is 8.27. The molecule has 0 saturated heterocycles. The van der Waals surface area contributed by atoms with Crippen molar-refractivity contribution in [2.24, 2.45) is 0 Å². The third kappa shape index (κ3) is 4.85. The third-order valence-corrected chi connectivity index (χ3v) is 6.94. The zero-order valence-electron chi connectivity index (χ0n) is 19.1. The number of halogens is 1. The lowest BCUT2D eigenvalue weighted by Gasteiger charge is -2.25. The lowest BCUT2D eigenvalue weighted by atomic mass is 10.0. The number of fused-ring (bicyclic) bond motifs is 1. The van der Waals surface area contributed by atoms with E-state index in [2.05, 4.69) is 11.9 Å². The number of hydrogen-bond acceptors (Lipinski definition) is 5. The van der Waals surface area contributed by atoms with Crippen molar-refractivity contribution in [3.05, 3.63) is 66.0 Å². The predicted octanol–water partition coefficient (Wildman–Crippen LogP) is 4.44. The average molecular weight is 487 g/mol. The van der Waals surface area contributed by atoms with Crippen LogP contribution in [0, 0.1) is 5.82 Å². The van der Waals surface area contributed by atoms with Crippen molar-refractivity contribution < 1.29 is 26.8 Å². The first-order chi connectivity index (χ1) is 16.2. The molecule has 9 heteroatoms. The molecule has 4 rings (SSSR count). The predicted molar refractivity (Wildman–Crippen MR) is 130 cm³/mol. The first kappa shape index (κ1) is 24.0. The van der Waals surface area contributed by atoms with Gasteiger partial charge in [0.1, 0.15) is 17.2 Å². The molecule has 0 unspecified atom stereocenters. The Kier molecular flexibility index (Phi) is 6.77. The van der Waals surface area contributed by atoms with Crippen LogP contribution < -0.4 is 9.62 Å². The van der Waals surface area contributed by atoms with Crippen molar-refractivity contribution in [1.82, 2.24) is 5.32 Å². The maximum absolute atomic E-state index is 13.5. The molecule has 1 amide bonds. The van der Waals surface area contributed by atoms with E-state index in [-0.39, 0.29) is 25.0 Å². The summed E-state index contributed by atoms with van der Waals surface area (Å²) >= 11 is 0. The third-order valence-electron chi connectivity index (χ3n) is 5.76. The molecule has 1 N–H and O–H groups in total. The zero-order chi connectivity index (χ0) is 24.5. The largest absolute Gasteiger partial charge is 0.455 e. The first-order valence-electron chi connectivity index (χ1n) is 11.0. The summed E-state index contributed by atoms with van der Waals surface area (Å²) in [7, 11) is -2.09. The minimum absolute atomic E-state index is 0.131. The molecule has 2 aromatic carbocycles. The summed E-state index contributed by atoms with van der Waals surface area (Å²) < 4.78 is 51.8. The topological polar surface area (TPSA) is 88.8 Å². The summed E-state index contributed by atoms with van der Waals surface area (Å²) in [4.78, 5) is 12.9. The van der Waals surface area contributed by atoms with E-state index in [0.717, 1.165) is 24.7 Å². The molecule has 0 atom stereocenters. The second-order valence-corrected chi connectivity index (χ2v) is 10.2. The zero-order valence-corrected chi connectivity index (χ0v) is 20.0. The van der Waals surface area contributed by atoms with Crippen molar-refractivity contribution in [1.29, 1.82) is 0 Å². The molecule has 7 nitrogen and oxygen atoms in total. The molecule has 0 spiro atoms. The van der Waals surface area contributed by atoms with Gasteiger partial charge in [-0.1, -0.05) is 6.08 Å². The lowest BCUT2D eigenvalue weighted by Crippen LogP contribution is -2.34. The highest BCUT2D eigenvalue weighted by molar-refractivity contribution is 7.92. The van der Waals surface area contributed by atoms with E-state index in [1.807, 2.05) is 6.07 Å². The minimum Gasteiger partial charge on any atom is -0.455 e. The van der Waals surface area contributed by atoms with E-state index in [1.54, 1.807) is 24.3 Å². The van der Waals surface area contributed by atoms with Gasteiger partial charge in [0.2, 0.25) is 10.0 Å². The van der Waals surface area contributed by atoms with Gasteiger partial charge in [-0.2, -0.15) is 0 Å². The van der Waals surface area contributed by atoms with Crippen LogP contribution in [-0.2, 0) is 14.8 Å². The van der Waals surface area contributed by atoms with Gasteiger partial charge in [-0.25, -0.2) is 12.8 Å². The van der Waals surface area contributed by atoms with Gasteiger partial charge < -0.3 is 14.5 Å². The van der Waals surface area contributed by atoms with Gasteiger partial charge >= 0.3 is 0 Å². The quantitative estimate of drug-likeness (QED) is 0.338. The Morgan fingerprint density at radius 2 is 2.00 bits per heavy atom. The Morgan fingerprint density at radius 3 is 2.59 bits per heavy atom. The average Bonchev–Trinajstić information content (AvgIpc) is 3.58. The van der Waals surface area contributed by atoms with Crippen molar-refractivity contribution >= 4 is 32.6 Å². The summed E-state index contributed by atoms with van der Waals surface area (Å²) in [6, 6.07) is 9.21. The van der Waals surface area contributed by atoms with Gasteiger partial charge in [0.25, 0.3) is 5.91 Å². The number of nitrogens with zero attached hydrogens (tertiary/aromatic N) is 1. The standard InChI is InChI=1S/C25H27FN2O5S/c1-4-12-32-13-11-28(34(3,30)31)21-15-22-20(14-19(21)16-5-6-16)23(25(29)27-2)24(33-22)17-7-9-18(26)10-8-17/h4,7-10,14-16H,1,5-6,11-13H2,2-3H3,(H,27,29). The molecule has 1 aliphatic carbocycles. The number of ether oxygens (including phenoxy) is 1. The summed E-state index contributed by atoms with van der Waals surface area (Å²) in [6.07, 6.45) is 4.62. The van der Waals surface area contributed by atoms with Crippen molar-refractivity contribution in [2.75, 3.05) is 37.4 Å². The Morgan fingerprint density at radius 1 is 1.29 bits per heavy atom. The van der Waals surface area contributed by atoms with Gasteiger partial charge in [0.15, 0.2) is 0 Å². The van der Waals surface area contributed by atoms with Crippen LogP contribution in [0.1, 0.15) is 34.7 Å². The van der Waals surface area contributed by atoms with Gasteiger partial charge in [-0.15, -0.1) is 6.58 Å². The van der Waals surface area contributed by atoms with E-state index < -0.39 is 15.8 Å². The van der Waals surface area contributed by atoms with E-state index >= 15 is 0 Å². The molecule has 1 fully saturated rings. The number of furan rings is 1. The van der Waals surface area contributed by atoms with Crippen molar-refractivity contribution in [3.63, 3.8) is 0 Å². The fourth-order valence-electron chi connectivity index (χ4n) is 4.02. The number of sulfonamides is 1. The molecule has 0 bridgehead atoms. The number of hydrogen-bond donors (Lipinski definition) is 1. The Hall–Kier alpha value is -3.17. The van der Waals surface area contributed by atoms with Gasteiger partial charge in [0.05, 0.1) is 37.3 Å². The van der Waals surface area contributed by atoms with Crippen LogP contribution in [0.2, 0.25) is 0 Å². The van der Waals surface area contributed by atoms with Crippen LogP contribution in [0.5, 0.6) is 0 Å². The number of carbonyl (C=O) groups excluding carboxylic acids is 1. The fourth-order valence-corrected chi connectivity index (χ4v) is 4.94. The molecule has 0 radical (unpaired) electrons. The molecule has 1 aliphatic rings. The monoisotopic (exact) mass is 486 g/mol. The van der Waals surface area contributed by atoms with E-state index in [4.69, 9.17) is 9.15 Å². The minimum atomic E-state index is -3.62. The Labute approximate surface area is 198 Å². The highest BCUT2D eigenvalue weighted by Gasteiger charge is 2.33. The number of anilines is 1. The van der Waals surface area contributed by atoms with Gasteiger partial charge in [0, 0.05) is 24.1 Å². The maximum Gasteiger partial charge on any atom is 0.255 e. The number of amides is 1. The lowest BCUT2D eigenvalue weighted by molar-refractivity contribution is 0.0964. The molecule has 3 aromatic rings. The first-order valence-corrected chi connectivity index (χ1v) is 12.8. The molecular weight excluding hydrogens is 459 g/mol. The molecule has 34 heavy (non-hydrogen) atoms. The van der Waals surface area contributed by atoms with Crippen LogP contribution in [0.4, 0.5) is 10.1 Å². The van der Waals surface area contributed by atoms with Crippen molar-refractivity contribution in [2.45, 2.75) is 18.8 Å². The van der Waals surface area contributed by atoms with E-state index in [9.17, 15) is 17.6 Å². The fraction of sp³-hybridized carbons (Fsp3) is 0.320. The molecule has 1 heterocycles. The van der Waals surface area contributed by atoms with Crippen LogP contribution in [0.15, 0.2) is 53.5 Å². The molecule has 0 aliphatic heterocycles. The number of benzene rings is 2. The van der Waals surface area contributed by atoms with Crippen molar-refractivity contribution in [3.8, 4) is 11.3 Å². The normalized spacial score (nSPS) is 13.7. The van der Waals surface area contributed by atoms with Crippen LogP contribution in [0.25, 0.3) is 22.3 Å². The Bertz CT molecular complexity index is 1330. The van der Waals surface area contributed by atoms with Crippen LogP contribution in [0.3, 0.4) is 0 Å². The number of rotatable bonds is 10. The summed E-state index contributed by atoms with van der Waals surface area (Å²) in [5, 5.41) is 3.23. The Balaban J connectivity index is 1.90. The molecule has 1 aromatic heterocycles. The molecule has 1 saturated carbocycles. The summed E-state index contributed by atoms with van der Waals surface area (Å²) in [6.45, 7) is 4.25. The molecule has 180 valence electrons. The number of nitrogens with one attached hydrogen (secondary N) is 1. The van der Waals surface area contributed by atoms with E-state index in [1.165, 1.54) is 23.5 Å². The SMILES string of the molecule is C=CCOCCN(c1cc2oc(-c3ccc(F)cc3)c(C(=O)NC)c2cc1C1CC1)S(C)(=O)=O. The van der Waals surface area contributed by atoms with Gasteiger partial charge in [-0.3, -0.25) is 9.10 Å². The van der Waals surface area contributed by atoms with Gasteiger partial charge in [-0.05, 0) is 54.7 Å². The maximum atomic E-state index is 13.5. The highest BCUT2D eigenvalue weighted by atomic mass is 32.2. The number of carbonyl (C=O) groups is 1.